The highest BCUT2D eigenvalue weighted by Crippen LogP contribution is 1.18. The SMILES string of the molecule is C.CC.CC.CC.CC.CC.CC.CC.CC.CC.CC.CC.CC.CC.CC.CC.CC.CC. The lowest BCUT2D eigenvalue weighted by atomic mass is 11.0. The molecule has 0 saturated heterocycles. The van der Waals surface area contributed by atoms with Crippen molar-refractivity contribution in [1.29, 1.82) is 0 Å². The van der Waals surface area contributed by atoms with Crippen molar-refractivity contribution in [2.75, 3.05) is 0 Å². The van der Waals surface area contributed by atoms with Crippen molar-refractivity contribution in [3.63, 3.8) is 0 Å². The maximum Gasteiger partial charge on any atom is -0.0683 e. The van der Waals surface area contributed by atoms with Crippen LogP contribution in [0.15, 0.2) is 0 Å². The van der Waals surface area contributed by atoms with Gasteiger partial charge in [-0.1, -0.05) is 243 Å². The van der Waals surface area contributed by atoms with E-state index in [-0.39, 0.29) is 7.43 Å². The summed E-state index contributed by atoms with van der Waals surface area (Å²) in [5, 5.41) is 0. The van der Waals surface area contributed by atoms with Gasteiger partial charge >= 0.3 is 0 Å². The molecule has 0 aliphatic rings. The molecule has 0 N–H and O–H groups in total. The lowest BCUT2D eigenvalue weighted by Gasteiger charge is -1.07. The molecule has 0 fully saturated rings. The minimum atomic E-state index is 0. The fourth-order valence-electron chi connectivity index (χ4n) is 0. The summed E-state index contributed by atoms with van der Waals surface area (Å²) in [6.45, 7) is 68.0. The van der Waals surface area contributed by atoms with E-state index in [0.717, 1.165) is 0 Å². The van der Waals surface area contributed by atoms with E-state index < -0.39 is 0 Å². The van der Waals surface area contributed by atoms with E-state index in [0.29, 0.717) is 0 Å². The van der Waals surface area contributed by atoms with Crippen molar-refractivity contribution in [3.05, 3.63) is 0 Å². The Balaban J connectivity index is -0.00000000547. The van der Waals surface area contributed by atoms with Crippen LogP contribution in [0.2, 0.25) is 0 Å². The molecular weight excluding hydrogens is 420 g/mol. The molecule has 35 heavy (non-hydrogen) atoms. The van der Waals surface area contributed by atoms with Gasteiger partial charge in [0.05, 0.1) is 0 Å². The molecule has 0 rings (SSSR count). The first-order valence-corrected chi connectivity index (χ1v) is 17.0. The van der Waals surface area contributed by atoms with Gasteiger partial charge in [-0.3, -0.25) is 0 Å². The van der Waals surface area contributed by atoms with Crippen LogP contribution in [0.4, 0.5) is 0 Å². The smallest absolute Gasteiger partial charge is 0.0683 e. The summed E-state index contributed by atoms with van der Waals surface area (Å²) in [7, 11) is 0. The average Bonchev–Trinajstić information content (AvgIpc) is 3.09. The van der Waals surface area contributed by atoms with Gasteiger partial charge in [0.15, 0.2) is 0 Å². The standard InChI is InChI=1S/17C2H6.CH4/c17*1-2;/h17*1-2H3;1H4. The summed E-state index contributed by atoms with van der Waals surface area (Å²) in [5.74, 6) is 0. The van der Waals surface area contributed by atoms with Crippen molar-refractivity contribution in [1.82, 2.24) is 0 Å². The molecule has 0 bridgehead atoms. The second-order valence-corrected chi connectivity index (χ2v) is 0. The van der Waals surface area contributed by atoms with Crippen LogP contribution in [-0.4, -0.2) is 0 Å². The molecule has 0 aromatic carbocycles. The first-order valence-electron chi connectivity index (χ1n) is 17.0. The van der Waals surface area contributed by atoms with Gasteiger partial charge in [-0.25, -0.2) is 0 Å². The number of hydrogen-bond acceptors (Lipinski definition) is 0. The van der Waals surface area contributed by atoms with Crippen LogP contribution in [0.5, 0.6) is 0 Å². The van der Waals surface area contributed by atoms with Crippen molar-refractivity contribution in [3.8, 4) is 0 Å². The van der Waals surface area contributed by atoms with E-state index in [1.165, 1.54) is 0 Å². The second-order valence-electron chi connectivity index (χ2n) is 0. The quantitative estimate of drug-likeness (QED) is 0.294. The van der Waals surface area contributed by atoms with Gasteiger partial charge in [0.25, 0.3) is 0 Å². The Kier molecular flexibility index (Phi) is 0. The Labute approximate surface area is 242 Å². The van der Waals surface area contributed by atoms with E-state index >= 15 is 0 Å². The summed E-state index contributed by atoms with van der Waals surface area (Å²) in [6, 6.07) is 0. The zero-order chi connectivity index (χ0) is 34.0. The molecule has 0 radical (unpaired) electrons. The third-order valence-electron chi connectivity index (χ3n) is 0. The van der Waals surface area contributed by atoms with Crippen LogP contribution in [0.1, 0.15) is 243 Å². The van der Waals surface area contributed by atoms with Gasteiger partial charge in [0, 0.05) is 0 Å². The third kappa shape index (κ3) is 0. The molecule has 0 spiro atoms. The van der Waals surface area contributed by atoms with Crippen LogP contribution in [0, 0.1) is 0 Å². The predicted octanol–water partition coefficient (Wildman–Crippen LogP) is 18.1. The van der Waals surface area contributed by atoms with Gasteiger partial charge in [-0.05, 0) is 0 Å². The molecule has 0 aromatic rings. The molecule has 0 aliphatic heterocycles. The van der Waals surface area contributed by atoms with E-state index in [1.54, 1.807) is 0 Å². The van der Waals surface area contributed by atoms with Crippen LogP contribution in [0.3, 0.4) is 0 Å². The molecule has 0 atom stereocenters. The highest BCUT2D eigenvalue weighted by molar-refractivity contribution is 3.54. The first-order chi connectivity index (χ1) is 17.0. The minimum absolute atomic E-state index is 0. The summed E-state index contributed by atoms with van der Waals surface area (Å²) >= 11 is 0. The average molecular weight is 527 g/mol. The second kappa shape index (κ2) is 0. The van der Waals surface area contributed by atoms with Crippen LogP contribution in [0.25, 0.3) is 0 Å². The zero-order valence-electron chi connectivity index (χ0n) is 34.0. The van der Waals surface area contributed by atoms with Gasteiger partial charge in [-0.2, -0.15) is 0 Å². The Hall–Kier alpha value is 0. The molecule has 0 unspecified atom stereocenters. The minimum Gasteiger partial charge on any atom is -0.0776 e. The van der Waals surface area contributed by atoms with Crippen LogP contribution < -0.4 is 0 Å². The van der Waals surface area contributed by atoms with Gasteiger partial charge < -0.3 is 0 Å². The summed E-state index contributed by atoms with van der Waals surface area (Å²) in [5.41, 5.74) is 0. The molecule has 0 amide bonds. The summed E-state index contributed by atoms with van der Waals surface area (Å²) in [6.07, 6.45) is 0. The Morgan fingerprint density at radius 3 is 0.0857 bits per heavy atom. The Morgan fingerprint density at radius 1 is 0.0857 bits per heavy atom. The predicted molar refractivity (Wildman–Crippen MR) is 200 cm³/mol. The first kappa shape index (κ1) is 140. The Bertz CT molecular complexity index is 0. The van der Waals surface area contributed by atoms with Crippen molar-refractivity contribution in [2.24, 2.45) is 0 Å². The lowest BCUT2D eigenvalue weighted by molar-refractivity contribution is 1.50. The Morgan fingerprint density at radius 2 is 0.0857 bits per heavy atom. The van der Waals surface area contributed by atoms with Crippen LogP contribution >= 0.6 is 0 Å². The van der Waals surface area contributed by atoms with Crippen molar-refractivity contribution >= 4 is 0 Å². The van der Waals surface area contributed by atoms with E-state index in [1.807, 2.05) is 235 Å². The maximum absolute atomic E-state index is 2.00. The largest absolute Gasteiger partial charge is 0.0776 e. The van der Waals surface area contributed by atoms with Gasteiger partial charge in [-0.15, -0.1) is 0 Å². The van der Waals surface area contributed by atoms with E-state index in [4.69, 9.17) is 0 Å². The molecule has 0 heterocycles. The molecule has 0 nitrogen and oxygen atoms in total. The summed E-state index contributed by atoms with van der Waals surface area (Å²) < 4.78 is 0. The third-order valence-corrected chi connectivity index (χ3v) is 0. The van der Waals surface area contributed by atoms with E-state index in [9.17, 15) is 0 Å². The lowest BCUT2D eigenvalue weighted by Crippen LogP contribution is -0.856. The van der Waals surface area contributed by atoms with Crippen LogP contribution in [-0.2, 0) is 0 Å². The fourth-order valence-corrected chi connectivity index (χ4v) is 0. The topological polar surface area (TPSA) is 0 Å². The molecule has 0 aliphatic carbocycles. The van der Waals surface area contributed by atoms with Crippen molar-refractivity contribution < 1.29 is 0 Å². The maximum atomic E-state index is 2.00. The van der Waals surface area contributed by atoms with Crippen molar-refractivity contribution in [2.45, 2.75) is 243 Å². The number of rotatable bonds is 0. The molecule has 0 aromatic heterocycles. The molecular formula is C35H106. The molecule has 0 saturated carbocycles. The molecule has 246 valence electrons. The highest BCUT2D eigenvalue weighted by Gasteiger charge is 0.964. The monoisotopic (exact) mass is 527 g/mol. The zero-order valence-corrected chi connectivity index (χ0v) is 34.0. The fraction of sp³-hybridized carbons (Fsp3) is 1.00. The highest BCUT2D eigenvalue weighted by atomic mass is 13.0. The number of hydrogen-bond donors (Lipinski definition) is 0. The normalized spacial score (nSPS) is 2.91. The summed E-state index contributed by atoms with van der Waals surface area (Å²) in [4.78, 5) is 0. The van der Waals surface area contributed by atoms with E-state index in [2.05, 4.69) is 0 Å². The van der Waals surface area contributed by atoms with Gasteiger partial charge in [0.1, 0.15) is 0 Å². The van der Waals surface area contributed by atoms with Gasteiger partial charge in [0.2, 0.25) is 0 Å². The molecule has 0 heteroatoms.